The Balaban J connectivity index is 2.15. The lowest BCUT2D eigenvalue weighted by atomic mass is 10.00. The van der Waals surface area contributed by atoms with Crippen LogP contribution in [0.4, 0.5) is 4.79 Å². The number of ether oxygens (including phenoxy) is 3. The number of likely N-dealkylation sites (tertiary alicyclic amines) is 1. The number of carbonyl (C=O) groups excluding carboxylic acids is 1. The monoisotopic (exact) mass is 394 g/mol. The number of rotatable bonds is 7. The molecule has 0 spiro atoms. The normalized spacial score (nSPS) is 22.4. The Kier molecular flexibility index (Phi) is 8.54. The molecule has 1 amide bonds. The van der Waals surface area contributed by atoms with Crippen molar-refractivity contribution >= 4 is 6.09 Å². The number of hydrogen-bond acceptors (Lipinski definition) is 6. The van der Waals surface area contributed by atoms with Crippen LogP contribution in [0.2, 0.25) is 0 Å². The highest BCUT2D eigenvalue weighted by atomic mass is 16.6. The highest BCUT2D eigenvalue weighted by molar-refractivity contribution is 5.68. The average molecular weight is 395 g/mol. The van der Waals surface area contributed by atoms with Gasteiger partial charge < -0.3 is 29.5 Å². The van der Waals surface area contributed by atoms with Crippen molar-refractivity contribution in [1.82, 2.24) is 10.2 Å². The molecule has 2 aliphatic heterocycles. The van der Waals surface area contributed by atoms with Crippen LogP contribution >= 0.6 is 0 Å². The number of hydrogen-bond donors (Lipinski definition) is 2. The summed E-state index contributed by atoms with van der Waals surface area (Å²) in [6, 6.07) is -0.527. The average Bonchev–Trinajstić information content (AvgIpc) is 3.12. The van der Waals surface area contributed by atoms with Crippen molar-refractivity contribution in [3.05, 3.63) is 36.1 Å². The van der Waals surface area contributed by atoms with E-state index in [1.54, 1.807) is 18.2 Å². The minimum Gasteiger partial charge on any atom is -0.493 e. The zero-order valence-corrected chi connectivity index (χ0v) is 17.3. The minimum absolute atomic E-state index is 0.359. The van der Waals surface area contributed by atoms with E-state index in [1.807, 2.05) is 20.8 Å². The fourth-order valence-electron chi connectivity index (χ4n) is 3.24. The molecule has 0 aliphatic carbocycles. The van der Waals surface area contributed by atoms with E-state index in [0.717, 1.165) is 25.9 Å². The summed E-state index contributed by atoms with van der Waals surface area (Å²) in [5, 5.41) is 13.9. The number of aliphatic hydroxyl groups excluding tert-OH is 1. The Morgan fingerprint density at radius 3 is 2.64 bits per heavy atom. The first-order valence-electron chi connectivity index (χ1n) is 9.92. The fourth-order valence-corrected chi connectivity index (χ4v) is 3.24. The number of amides is 1. The molecular formula is C21H34N2O5. The molecule has 0 aromatic rings. The Labute approximate surface area is 168 Å². The van der Waals surface area contributed by atoms with Gasteiger partial charge in [-0.15, -0.1) is 0 Å². The van der Waals surface area contributed by atoms with E-state index >= 15 is 0 Å². The lowest BCUT2D eigenvalue weighted by molar-refractivity contribution is 0.0129. The first-order chi connectivity index (χ1) is 13.3. The molecule has 0 unspecified atom stereocenters. The summed E-state index contributed by atoms with van der Waals surface area (Å²) in [6.07, 6.45) is 5.87. The molecule has 0 bridgehead atoms. The van der Waals surface area contributed by atoms with Crippen molar-refractivity contribution in [2.75, 3.05) is 39.5 Å². The zero-order valence-electron chi connectivity index (χ0n) is 17.3. The van der Waals surface area contributed by atoms with Gasteiger partial charge in [0.2, 0.25) is 0 Å². The van der Waals surface area contributed by atoms with Crippen LogP contribution in [0.5, 0.6) is 0 Å². The minimum atomic E-state index is -0.941. The van der Waals surface area contributed by atoms with Crippen molar-refractivity contribution in [2.24, 2.45) is 0 Å². The number of allylic oxidation sites excluding steroid dienone is 2. The molecule has 2 aliphatic rings. The zero-order chi connectivity index (χ0) is 20.6. The summed E-state index contributed by atoms with van der Waals surface area (Å²) < 4.78 is 16.4. The second kappa shape index (κ2) is 10.6. The molecule has 158 valence electrons. The molecule has 0 radical (unpaired) electrons. The van der Waals surface area contributed by atoms with Gasteiger partial charge in [-0.3, -0.25) is 0 Å². The Morgan fingerprint density at radius 2 is 2.07 bits per heavy atom. The maximum absolute atomic E-state index is 12.4. The topological polar surface area (TPSA) is 80.3 Å². The summed E-state index contributed by atoms with van der Waals surface area (Å²) in [4.78, 5) is 14.6. The Morgan fingerprint density at radius 1 is 1.36 bits per heavy atom. The smallest absolute Gasteiger partial charge is 0.408 e. The summed E-state index contributed by atoms with van der Waals surface area (Å²) in [7, 11) is 0. The maximum Gasteiger partial charge on any atom is 0.408 e. The second-order valence-electron chi connectivity index (χ2n) is 8.12. The lowest BCUT2D eigenvalue weighted by Crippen LogP contribution is -2.51. The SMILES string of the molecule is C=C/C=C(\C=C1/COCCO1)[C@@H](O)[C@@H](CN1CCCC1)NC(=O)OC(C)(C)C. The highest BCUT2D eigenvalue weighted by Crippen LogP contribution is 2.18. The number of carbonyl (C=O) groups is 1. The van der Waals surface area contributed by atoms with Crippen molar-refractivity contribution in [2.45, 2.75) is 51.4 Å². The van der Waals surface area contributed by atoms with Gasteiger partial charge in [0.1, 0.15) is 30.7 Å². The van der Waals surface area contributed by atoms with Crippen LogP contribution in [-0.4, -0.2) is 73.3 Å². The van der Waals surface area contributed by atoms with Crippen molar-refractivity contribution in [3.8, 4) is 0 Å². The van der Waals surface area contributed by atoms with Crippen LogP contribution < -0.4 is 5.32 Å². The summed E-state index contributed by atoms with van der Waals surface area (Å²) in [6.45, 7) is 13.0. The van der Waals surface area contributed by atoms with E-state index in [2.05, 4.69) is 16.8 Å². The van der Waals surface area contributed by atoms with E-state index in [0.29, 0.717) is 37.7 Å². The molecule has 7 nitrogen and oxygen atoms in total. The van der Waals surface area contributed by atoms with Crippen molar-refractivity contribution in [3.63, 3.8) is 0 Å². The van der Waals surface area contributed by atoms with E-state index in [-0.39, 0.29) is 0 Å². The van der Waals surface area contributed by atoms with Gasteiger partial charge in [0.15, 0.2) is 0 Å². The summed E-state index contributed by atoms with van der Waals surface area (Å²) >= 11 is 0. The van der Waals surface area contributed by atoms with Gasteiger partial charge >= 0.3 is 6.09 Å². The van der Waals surface area contributed by atoms with Crippen LogP contribution in [0.25, 0.3) is 0 Å². The standard InChI is InChI=1S/C21H34N2O5/c1-5-8-16(13-17-15-26-11-12-27-17)19(24)18(14-23-9-6-7-10-23)22-20(25)28-21(2,3)4/h5,8,13,18-19,24H,1,6-7,9-12,14-15H2,2-4H3,(H,22,25)/b16-8+,17-13+/t18-,19-/m1/s1. The molecule has 0 aromatic heterocycles. The van der Waals surface area contributed by atoms with Gasteiger partial charge in [-0.05, 0) is 58.4 Å². The van der Waals surface area contributed by atoms with Crippen molar-refractivity contribution < 1.29 is 24.1 Å². The van der Waals surface area contributed by atoms with E-state index in [1.165, 1.54) is 0 Å². The first-order valence-corrected chi connectivity index (χ1v) is 9.92. The lowest BCUT2D eigenvalue weighted by Gasteiger charge is -2.30. The molecule has 2 fully saturated rings. The molecule has 2 rings (SSSR count). The van der Waals surface area contributed by atoms with Crippen LogP contribution in [0.15, 0.2) is 36.1 Å². The molecule has 0 saturated carbocycles. The maximum atomic E-state index is 12.4. The molecule has 0 aromatic carbocycles. The van der Waals surface area contributed by atoms with Crippen LogP contribution in [0, 0.1) is 0 Å². The number of aliphatic hydroxyl groups is 1. The van der Waals surface area contributed by atoms with E-state index < -0.39 is 23.8 Å². The number of nitrogens with one attached hydrogen (secondary N) is 1. The van der Waals surface area contributed by atoms with Gasteiger partial charge in [-0.2, -0.15) is 0 Å². The molecular weight excluding hydrogens is 360 g/mol. The predicted octanol–water partition coefficient (Wildman–Crippen LogP) is 2.38. The molecule has 2 saturated heterocycles. The Hall–Kier alpha value is -1.83. The number of alkyl carbamates (subject to hydrolysis) is 1. The Bertz CT molecular complexity index is 580. The fraction of sp³-hybridized carbons (Fsp3) is 0.667. The molecule has 28 heavy (non-hydrogen) atoms. The third-order valence-electron chi connectivity index (χ3n) is 4.48. The van der Waals surface area contributed by atoms with E-state index in [4.69, 9.17) is 14.2 Å². The summed E-state index contributed by atoms with van der Waals surface area (Å²) in [5.74, 6) is 0.649. The van der Waals surface area contributed by atoms with Gasteiger partial charge in [-0.1, -0.05) is 18.7 Å². The quantitative estimate of drug-likeness (QED) is 0.646. The number of nitrogens with zero attached hydrogens (tertiary/aromatic N) is 1. The summed E-state index contributed by atoms with van der Waals surface area (Å²) in [5.41, 5.74) is -0.00168. The second-order valence-corrected chi connectivity index (χ2v) is 8.12. The van der Waals surface area contributed by atoms with Gasteiger partial charge in [-0.25, -0.2) is 4.79 Å². The molecule has 2 N–H and O–H groups in total. The van der Waals surface area contributed by atoms with Crippen LogP contribution in [0.1, 0.15) is 33.6 Å². The first kappa shape index (κ1) is 22.5. The van der Waals surface area contributed by atoms with Gasteiger partial charge in [0.05, 0.1) is 12.6 Å². The highest BCUT2D eigenvalue weighted by Gasteiger charge is 2.29. The van der Waals surface area contributed by atoms with E-state index in [9.17, 15) is 9.90 Å². The third-order valence-corrected chi connectivity index (χ3v) is 4.48. The van der Waals surface area contributed by atoms with Gasteiger partial charge in [0.25, 0.3) is 0 Å². The third kappa shape index (κ3) is 7.66. The van der Waals surface area contributed by atoms with Crippen molar-refractivity contribution in [1.29, 1.82) is 0 Å². The largest absolute Gasteiger partial charge is 0.493 e. The van der Waals surface area contributed by atoms with Crippen LogP contribution in [0.3, 0.4) is 0 Å². The van der Waals surface area contributed by atoms with Crippen LogP contribution in [-0.2, 0) is 14.2 Å². The molecule has 7 heteroatoms. The van der Waals surface area contributed by atoms with Gasteiger partial charge in [0, 0.05) is 6.54 Å². The predicted molar refractivity (Wildman–Crippen MR) is 108 cm³/mol. The molecule has 2 atom stereocenters. The molecule has 2 heterocycles.